The first kappa shape index (κ1) is 30.0. The molecule has 8 heteroatoms. The summed E-state index contributed by atoms with van der Waals surface area (Å²) in [7, 11) is 3.26. The fourth-order valence-electron chi connectivity index (χ4n) is 6.32. The molecule has 0 radical (unpaired) electrons. The molecule has 3 aromatic rings. The summed E-state index contributed by atoms with van der Waals surface area (Å²) in [6.07, 6.45) is 2.58. The highest BCUT2D eigenvalue weighted by Crippen LogP contribution is 2.45. The summed E-state index contributed by atoms with van der Waals surface area (Å²) in [5, 5.41) is 0. The van der Waals surface area contributed by atoms with Crippen molar-refractivity contribution in [3.8, 4) is 11.5 Å². The van der Waals surface area contributed by atoms with Crippen LogP contribution < -0.4 is 14.4 Å². The molecule has 1 fully saturated rings. The third-order valence-electron chi connectivity index (χ3n) is 8.67. The Morgan fingerprint density at radius 3 is 2.48 bits per heavy atom. The zero-order valence-corrected chi connectivity index (χ0v) is 24.9. The molecule has 2 aliphatic rings. The van der Waals surface area contributed by atoms with E-state index in [4.69, 9.17) is 14.2 Å². The third kappa shape index (κ3) is 6.46. The van der Waals surface area contributed by atoms with Crippen LogP contribution in [0.25, 0.3) is 0 Å². The summed E-state index contributed by atoms with van der Waals surface area (Å²) in [4.78, 5) is 20.0. The van der Waals surface area contributed by atoms with Crippen LogP contribution in [0.3, 0.4) is 0 Å². The van der Waals surface area contributed by atoms with E-state index in [0.717, 1.165) is 63.0 Å². The number of hydrogen-bond acceptors (Lipinski definition) is 7. The van der Waals surface area contributed by atoms with Gasteiger partial charge in [0.2, 0.25) is 0 Å². The minimum atomic E-state index is -0.352. The lowest BCUT2D eigenvalue weighted by Crippen LogP contribution is -2.46. The second kappa shape index (κ2) is 14.1. The fourth-order valence-corrected chi connectivity index (χ4v) is 6.32. The van der Waals surface area contributed by atoms with E-state index in [1.807, 2.05) is 18.2 Å². The van der Waals surface area contributed by atoms with E-state index < -0.39 is 0 Å². The van der Waals surface area contributed by atoms with Crippen molar-refractivity contribution in [2.75, 3.05) is 58.5 Å². The summed E-state index contributed by atoms with van der Waals surface area (Å²) >= 11 is 0. The molecule has 3 aromatic carbocycles. The number of anilines is 1. The van der Waals surface area contributed by atoms with Gasteiger partial charge in [-0.2, -0.15) is 0 Å². The van der Waals surface area contributed by atoms with E-state index in [2.05, 4.69) is 45.9 Å². The van der Waals surface area contributed by atoms with E-state index in [0.29, 0.717) is 30.2 Å². The number of fused-ring (bicyclic) bond motifs is 1. The first-order valence-corrected chi connectivity index (χ1v) is 14.9. The number of aldehydes is 1. The van der Waals surface area contributed by atoms with Crippen LogP contribution in [-0.4, -0.2) is 69.6 Å². The summed E-state index contributed by atoms with van der Waals surface area (Å²) < 4.78 is 31.1. The van der Waals surface area contributed by atoms with Crippen LogP contribution in [-0.2, 0) is 22.7 Å². The third-order valence-corrected chi connectivity index (χ3v) is 8.67. The molecule has 0 amide bonds. The summed E-state index contributed by atoms with van der Waals surface area (Å²) in [6, 6.07) is 18.7. The van der Waals surface area contributed by atoms with Crippen molar-refractivity contribution in [3.63, 3.8) is 0 Å². The first-order chi connectivity index (χ1) is 20.6. The number of piperazine rings is 1. The molecule has 1 unspecified atom stereocenters. The number of rotatable bonds is 13. The number of benzene rings is 3. The molecule has 1 saturated heterocycles. The van der Waals surface area contributed by atoms with Crippen LogP contribution in [0.2, 0.25) is 0 Å². The van der Waals surface area contributed by atoms with Crippen LogP contribution in [0.15, 0.2) is 60.7 Å². The molecule has 0 spiro atoms. The Morgan fingerprint density at radius 1 is 0.976 bits per heavy atom. The minimum Gasteiger partial charge on any atom is -0.493 e. The second-order valence-corrected chi connectivity index (χ2v) is 10.9. The van der Waals surface area contributed by atoms with Gasteiger partial charge in [0.15, 0.2) is 11.5 Å². The second-order valence-electron chi connectivity index (χ2n) is 10.9. The van der Waals surface area contributed by atoms with E-state index in [1.54, 1.807) is 26.4 Å². The topological polar surface area (TPSA) is 54.5 Å². The lowest BCUT2D eigenvalue weighted by Gasteiger charge is -2.36. The van der Waals surface area contributed by atoms with Gasteiger partial charge in [-0.15, -0.1) is 0 Å². The van der Waals surface area contributed by atoms with Crippen molar-refractivity contribution < 1.29 is 23.4 Å². The largest absolute Gasteiger partial charge is 0.493 e. The predicted octanol–water partition coefficient (Wildman–Crippen LogP) is 5.78. The van der Waals surface area contributed by atoms with Gasteiger partial charge >= 0.3 is 0 Å². The molecule has 0 aliphatic carbocycles. The number of nitrogens with zero attached hydrogens (tertiary/aromatic N) is 3. The van der Waals surface area contributed by atoms with Gasteiger partial charge in [-0.1, -0.05) is 43.3 Å². The molecule has 5 rings (SSSR count). The molecule has 42 heavy (non-hydrogen) atoms. The molecular weight excluding hydrogens is 533 g/mol. The molecule has 0 aromatic heterocycles. The van der Waals surface area contributed by atoms with Gasteiger partial charge in [0.25, 0.3) is 0 Å². The number of likely N-dealkylation sites (N-methyl/N-ethyl adjacent to an activating group) is 1. The molecule has 7 nitrogen and oxygen atoms in total. The molecule has 0 bridgehead atoms. The smallest absolute Gasteiger partial charge is 0.161 e. The van der Waals surface area contributed by atoms with Crippen molar-refractivity contribution in [1.82, 2.24) is 9.80 Å². The molecule has 2 heterocycles. The maximum atomic E-state index is 14.1. The van der Waals surface area contributed by atoms with E-state index in [1.165, 1.54) is 17.3 Å². The van der Waals surface area contributed by atoms with Crippen molar-refractivity contribution in [3.05, 3.63) is 88.7 Å². The highest BCUT2D eigenvalue weighted by atomic mass is 19.1. The lowest BCUT2D eigenvalue weighted by atomic mass is 9.98. The Kier molecular flexibility index (Phi) is 10.1. The monoisotopic (exact) mass is 575 g/mol. The Hall–Kier alpha value is -3.46. The molecule has 0 saturated carbocycles. The van der Waals surface area contributed by atoms with Gasteiger partial charge in [0.05, 0.1) is 26.9 Å². The van der Waals surface area contributed by atoms with Crippen molar-refractivity contribution in [1.29, 1.82) is 0 Å². The van der Waals surface area contributed by atoms with Gasteiger partial charge < -0.3 is 28.8 Å². The Labute approximate surface area is 248 Å². The molecule has 224 valence electrons. The SMILES string of the molecule is CCN1CCN(c2cccc3c2CN([C@H](CCCOCc2ccccc2F)c2ccc(OC)c(OC)c2)C3C=O)CC1. The Balaban J connectivity index is 1.38. The van der Waals surface area contributed by atoms with E-state index >= 15 is 0 Å². The van der Waals surface area contributed by atoms with Gasteiger partial charge in [0, 0.05) is 56.6 Å². The van der Waals surface area contributed by atoms with Crippen molar-refractivity contribution >= 4 is 12.0 Å². The fraction of sp³-hybridized carbons (Fsp3) is 0.441. The normalized spacial score (nSPS) is 18.1. The summed E-state index contributed by atoms with van der Waals surface area (Å²) in [5.41, 5.74) is 5.16. The highest BCUT2D eigenvalue weighted by molar-refractivity contribution is 5.70. The zero-order valence-electron chi connectivity index (χ0n) is 24.9. The van der Waals surface area contributed by atoms with Crippen LogP contribution >= 0.6 is 0 Å². The maximum Gasteiger partial charge on any atom is 0.161 e. The number of ether oxygens (including phenoxy) is 3. The molecule has 0 N–H and O–H groups in total. The Bertz CT molecular complexity index is 1340. The average Bonchev–Trinajstić information content (AvgIpc) is 3.41. The predicted molar refractivity (Wildman–Crippen MR) is 163 cm³/mol. The number of methoxy groups -OCH3 is 2. The quantitative estimate of drug-likeness (QED) is 0.189. The standard InChI is InChI=1S/C34H42FN3O4/c1-4-36-16-18-37(19-17-36)31-12-7-10-27-28(31)22-38(32(27)23-39)30(25-14-15-33(40-2)34(21-25)41-3)13-8-20-42-24-26-9-5-6-11-29(26)35/h5-7,9-12,14-15,21,23,30,32H,4,8,13,16-20,22,24H2,1-3H3/t30-,32?/m1/s1. The molecule has 2 atom stereocenters. The number of carbonyl (C=O) groups is 1. The number of halogens is 1. The summed E-state index contributed by atoms with van der Waals surface area (Å²) in [6.45, 7) is 8.72. The average molecular weight is 576 g/mol. The number of hydrogen-bond donors (Lipinski definition) is 0. The van der Waals surface area contributed by atoms with Crippen LogP contribution in [0.1, 0.15) is 54.1 Å². The van der Waals surface area contributed by atoms with Gasteiger partial charge in [-0.05, 0) is 60.3 Å². The van der Waals surface area contributed by atoms with Gasteiger partial charge in [-0.3, -0.25) is 4.90 Å². The zero-order chi connectivity index (χ0) is 29.5. The highest BCUT2D eigenvalue weighted by Gasteiger charge is 2.37. The maximum absolute atomic E-state index is 14.1. The van der Waals surface area contributed by atoms with Crippen LogP contribution in [0, 0.1) is 5.82 Å². The summed E-state index contributed by atoms with van der Waals surface area (Å²) in [5.74, 6) is 1.07. The Morgan fingerprint density at radius 2 is 1.76 bits per heavy atom. The van der Waals surface area contributed by atoms with Crippen molar-refractivity contribution in [2.24, 2.45) is 0 Å². The van der Waals surface area contributed by atoms with Gasteiger partial charge in [-0.25, -0.2) is 4.39 Å². The van der Waals surface area contributed by atoms with E-state index in [-0.39, 0.29) is 24.5 Å². The van der Waals surface area contributed by atoms with Crippen LogP contribution in [0.4, 0.5) is 10.1 Å². The first-order valence-electron chi connectivity index (χ1n) is 14.9. The molecular formula is C34H42FN3O4. The van der Waals surface area contributed by atoms with Crippen LogP contribution in [0.5, 0.6) is 11.5 Å². The van der Waals surface area contributed by atoms with Crippen molar-refractivity contribution in [2.45, 2.75) is 45.0 Å². The molecule has 2 aliphatic heterocycles. The minimum absolute atomic E-state index is 0.0609. The lowest BCUT2D eigenvalue weighted by molar-refractivity contribution is -0.113. The van der Waals surface area contributed by atoms with Gasteiger partial charge in [0.1, 0.15) is 12.1 Å². The number of carbonyl (C=O) groups excluding carboxylic acids is 1. The van der Waals surface area contributed by atoms with E-state index in [9.17, 15) is 9.18 Å².